The summed E-state index contributed by atoms with van der Waals surface area (Å²) < 4.78 is 10.9. The number of carboxylic acids is 1. The van der Waals surface area contributed by atoms with E-state index >= 15 is 0 Å². The van der Waals surface area contributed by atoms with Gasteiger partial charge in [0.15, 0.2) is 0 Å². The Morgan fingerprint density at radius 1 is 1.04 bits per heavy atom. The first kappa shape index (κ1) is 23.8. The van der Waals surface area contributed by atoms with Gasteiger partial charge in [0.05, 0.1) is 6.61 Å². The van der Waals surface area contributed by atoms with Gasteiger partial charge in [0.1, 0.15) is 17.4 Å². The van der Waals surface area contributed by atoms with Gasteiger partial charge in [0.25, 0.3) is 0 Å². The third kappa shape index (κ3) is 10.8. The standard InChI is InChI=1S/C22H35NO5/c1-5-6-7-8-9-10-15-27-18-13-11-17(12-14-18)16-19(20(24)25)23-21(26)28-22(2,3)4/h11-14,19H,5-10,15-16H2,1-4H3,(H,23,26)(H,24,25)/t19-/m0/s1. The number of hydrogen-bond donors (Lipinski definition) is 2. The van der Waals surface area contributed by atoms with Crippen molar-refractivity contribution in [3.05, 3.63) is 29.8 Å². The van der Waals surface area contributed by atoms with Crippen LogP contribution in [-0.4, -0.2) is 35.4 Å². The number of carbonyl (C=O) groups is 2. The first-order valence-corrected chi connectivity index (χ1v) is 10.2. The van der Waals surface area contributed by atoms with Crippen molar-refractivity contribution in [3.8, 4) is 5.75 Å². The summed E-state index contributed by atoms with van der Waals surface area (Å²) in [6, 6.07) is 6.26. The van der Waals surface area contributed by atoms with Crippen molar-refractivity contribution in [3.63, 3.8) is 0 Å². The van der Waals surface area contributed by atoms with E-state index in [1.165, 1.54) is 32.1 Å². The smallest absolute Gasteiger partial charge is 0.408 e. The molecule has 0 saturated heterocycles. The number of carbonyl (C=O) groups excluding carboxylic acids is 1. The lowest BCUT2D eigenvalue weighted by molar-refractivity contribution is -0.139. The molecule has 0 aliphatic carbocycles. The Labute approximate surface area is 168 Å². The molecule has 158 valence electrons. The van der Waals surface area contributed by atoms with Gasteiger partial charge in [-0.1, -0.05) is 51.2 Å². The summed E-state index contributed by atoms with van der Waals surface area (Å²) in [6.45, 7) is 8.08. The zero-order valence-corrected chi connectivity index (χ0v) is 17.6. The van der Waals surface area contributed by atoms with Crippen LogP contribution in [0.5, 0.6) is 5.75 Å². The lowest BCUT2D eigenvalue weighted by Gasteiger charge is -2.22. The zero-order chi connectivity index (χ0) is 21.0. The van der Waals surface area contributed by atoms with Crippen LogP contribution >= 0.6 is 0 Å². The predicted molar refractivity (Wildman–Crippen MR) is 110 cm³/mol. The van der Waals surface area contributed by atoms with E-state index in [-0.39, 0.29) is 6.42 Å². The number of amides is 1. The van der Waals surface area contributed by atoms with E-state index in [1.807, 2.05) is 24.3 Å². The molecule has 1 amide bonds. The van der Waals surface area contributed by atoms with Gasteiger partial charge in [-0.25, -0.2) is 9.59 Å². The van der Waals surface area contributed by atoms with Gasteiger partial charge in [-0.15, -0.1) is 0 Å². The van der Waals surface area contributed by atoms with E-state index in [0.717, 1.165) is 17.7 Å². The number of aliphatic carboxylic acids is 1. The molecule has 6 heteroatoms. The molecule has 6 nitrogen and oxygen atoms in total. The summed E-state index contributed by atoms with van der Waals surface area (Å²) in [7, 11) is 0. The summed E-state index contributed by atoms with van der Waals surface area (Å²) >= 11 is 0. The summed E-state index contributed by atoms with van der Waals surface area (Å²) in [5, 5.41) is 11.8. The normalized spacial score (nSPS) is 12.3. The molecular weight excluding hydrogens is 358 g/mol. The Bertz CT molecular complexity index is 592. The molecule has 0 bridgehead atoms. The molecular formula is C22H35NO5. The molecule has 1 aromatic carbocycles. The maximum Gasteiger partial charge on any atom is 0.408 e. The number of benzene rings is 1. The van der Waals surface area contributed by atoms with Crippen molar-refractivity contribution in [1.29, 1.82) is 0 Å². The Kier molecular flexibility index (Phi) is 10.4. The topological polar surface area (TPSA) is 84.9 Å². The first-order valence-electron chi connectivity index (χ1n) is 10.2. The van der Waals surface area contributed by atoms with E-state index in [2.05, 4.69) is 12.2 Å². The van der Waals surface area contributed by atoms with Crippen LogP contribution in [0, 0.1) is 0 Å². The quantitative estimate of drug-likeness (QED) is 0.491. The Balaban J connectivity index is 2.43. The van der Waals surface area contributed by atoms with Crippen LogP contribution in [0.2, 0.25) is 0 Å². The molecule has 2 N–H and O–H groups in total. The molecule has 0 saturated carbocycles. The highest BCUT2D eigenvalue weighted by atomic mass is 16.6. The number of ether oxygens (including phenoxy) is 2. The molecule has 0 fully saturated rings. The molecule has 0 aromatic heterocycles. The molecule has 0 aliphatic rings. The number of hydrogen-bond acceptors (Lipinski definition) is 4. The molecule has 0 spiro atoms. The van der Waals surface area contributed by atoms with Crippen molar-refractivity contribution in [1.82, 2.24) is 5.32 Å². The largest absolute Gasteiger partial charge is 0.494 e. The number of carboxylic acid groups (broad SMARTS) is 1. The minimum Gasteiger partial charge on any atom is -0.494 e. The number of nitrogens with one attached hydrogen (secondary N) is 1. The highest BCUT2D eigenvalue weighted by molar-refractivity contribution is 5.80. The average molecular weight is 394 g/mol. The summed E-state index contributed by atoms with van der Waals surface area (Å²) in [5.74, 6) is -0.335. The Morgan fingerprint density at radius 2 is 1.64 bits per heavy atom. The number of rotatable bonds is 12. The van der Waals surface area contributed by atoms with Crippen LogP contribution in [0.4, 0.5) is 4.79 Å². The summed E-state index contributed by atoms with van der Waals surface area (Å²) in [5.41, 5.74) is 0.123. The van der Waals surface area contributed by atoms with E-state index < -0.39 is 23.7 Å². The molecule has 1 rings (SSSR count). The third-order valence-electron chi connectivity index (χ3n) is 4.12. The molecule has 0 unspecified atom stereocenters. The van der Waals surface area contributed by atoms with Gasteiger partial charge in [0, 0.05) is 6.42 Å². The second-order valence-corrected chi connectivity index (χ2v) is 8.00. The van der Waals surface area contributed by atoms with Gasteiger partial charge in [-0.05, 0) is 44.9 Å². The van der Waals surface area contributed by atoms with E-state index in [0.29, 0.717) is 6.61 Å². The Morgan fingerprint density at radius 3 is 2.21 bits per heavy atom. The van der Waals surface area contributed by atoms with Crippen molar-refractivity contribution in [2.24, 2.45) is 0 Å². The Hall–Kier alpha value is -2.24. The summed E-state index contributed by atoms with van der Waals surface area (Å²) in [6.07, 6.45) is 6.72. The predicted octanol–water partition coefficient (Wildman–Crippen LogP) is 4.95. The molecule has 0 radical (unpaired) electrons. The van der Waals surface area contributed by atoms with Crippen LogP contribution < -0.4 is 10.1 Å². The van der Waals surface area contributed by atoms with Crippen molar-refractivity contribution in [2.75, 3.05) is 6.61 Å². The summed E-state index contributed by atoms with van der Waals surface area (Å²) in [4.78, 5) is 23.3. The fraction of sp³-hybridized carbons (Fsp3) is 0.636. The first-order chi connectivity index (χ1) is 13.2. The molecule has 0 aliphatic heterocycles. The van der Waals surface area contributed by atoms with Crippen molar-refractivity contribution >= 4 is 12.1 Å². The molecule has 1 atom stereocenters. The number of unbranched alkanes of at least 4 members (excludes halogenated alkanes) is 5. The second kappa shape index (κ2) is 12.3. The minimum atomic E-state index is -1.10. The van der Waals surface area contributed by atoms with Crippen molar-refractivity contribution in [2.45, 2.75) is 84.3 Å². The lowest BCUT2D eigenvalue weighted by Crippen LogP contribution is -2.44. The number of alkyl carbamates (subject to hydrolysis) is 1. The highest BCUT2D eigenvalue weighted by Gasteiger charge is 2.24. The van der Waals surface area contributed by atoms with Crippen LogP contribution in [0.3, 0.4) is 0 Å². The lowest BCUT2D eigenvalue weighted by atomic mass is 10.1. The monoisotopic (exact) mass is 393 g/mol. The van der Waals surface area contributed by atoms with E-state index in [1.54, 1.807) is 20.8 Å². The molecule has 1 aromatic rings. The maximum atomic E-state index is 11.8. The van der Waals surface area contributed by atoms with Gasteiger partial charge in [-0.2, -0.15) is 0 Å². The fourth-order valence-corrected chi connectivity index (χ4v) is 2.68. The van der Waals surface area contributed by atoms with Crippen LogP contribution in [0.25, 0.3) is 0 Å². The SMILES string of the molecule is CCCCCCCCOc1ccc(C[C@H](NC(=O)OC(C)(C)C)C(=O)O)cc1. The average Bonchev–Trinajstić information content (AvgIpc) is 2.60. The van der Waals surface area contributed by atoms with Crippen LogP contribution in [-0.2, 0) is 16.0 Å². The van der Waals surface area contributed by atoms with E-state index in [9.17, 15) is 14.7 Å². The highest BCUT2D eigenvalue weighted by Crippen LogP contribution is 2.15. The molecule has 28 heavy (non-hydrogen) atoms. The minimum absolute atomic E-state index is 0.173. The van der Waals surface area contributed by atoms with Gasteiger partial charge < -0.3 is 19.9 Å². The van der Waals surface area contributed by atoms with Crippen LogP contribution in [0.1, 0.15) is 71.8 Å². The fourth-order valence-electron chi connectivity index (χ4n) is 2.68. The van der Waals surface area contributed by atoms with Crippen molar-refractivity contribution < 1.29 is 24.2 Å². The third-order valence-corrected chi connectivity index (χ3v) is 4.12. The van der Waals surface area contributed by atoms with Crippen LogP contribution in [0.15, 0.2) is 24.3 Å². The zero-order valence-electron chi connectivity index (χ0n) is 17.6. The molecule has 0 heterocycles. The van der Waals surface area contributed by atoms with Gasteiger partial charge >= 0.3 is 12.1 Å². The van der Waals surface area contributed by atoms with Gasteiger partial charge in [-0.3, -0.25) is 0 Å². The second-order valence-electron chi connectivity index (χ2n) is 8.00. The van der Waals surface area contributed by atoms with Gasteiger partial charge in [0.2, 0.25) is 0 Å². The maximum absolute atomic E-state index is 11.8. The van der Waals surface area contributed by atoms with E-state index in [4.69, 9.17) is 9.47 Å².